The van der Waals surface area contributed by atoms with E-state index in [4.69, 9.17) is 9.52 Å². The average molecular weight is 470 g/mol. The molecule has 2 aromatic carbocycles. The van der Waals surface area contributed by atoms with Crippen molar-refractivity contribution in [2.75, 3.05) is 24.5 Å². The Morgan fingerprint density at radius 3 is 2.50 bits per heavy atom. The number of amides is 2. The number of aryl methyl sites for hydroxylation is 1. The van der Waals surface area contributed by atoms with Crippen LogP contribution in [-0.2, 0) is 13.0 Å². The average Bonchev–Trinajstić information content (AvgIpc) is 2.80. The molecule has 180 valence electrons. The van der Waals surface area contributed by atoms with Crippen molar-refractivity contribution in [2.24, 2.45) is 0 Å². The smallest absolute Gasteiger partial charge is 0.339 e. The van der Waals surface area contributed by atoms with Crippen LogP contribution >= 0.6 is 0 Å². The minimum atomic E-state index is -1.25. The summed E-state index contributed by atoms with van der Waals surface area (Å²) in [6.45, 7) is 7.81. The van der Waals surface area contributed by atoms with E-state index in [2.05, 4.69) is 29.4 Å². The Morgan fingerprint density at radius 1 is 1.09 bits per heavy atom. The van der Waals surface area contributed by atoms with Gasteiger partial charge in [-0.1, -0.05) is 0 Å². The zero-order chi connectivity index (χ0) is 24.8. The number of nitrogens with zero attached hydrogens (tertiary/aromatic N) is 1. The van der Waals surface area contributed by atoms with Crippen LogP contribution < -0.4 is 21.2 Å². The van der Waals surface area contributed by atoms with Crippen molar-refractivity contribution in [1.82, 2.24) is 10.6 Å². The number of aromatic carboxylic acids is 1. The number of hydrogen-bond acceptors (Lipinski definition) is 5. The van der Waals surface area contributed by atoms with Gasteiger partial charge in [0.15, 0.2) is 0 Å². The third-order valence-corrected chi connectivity index (χ3v) is 5.72. The molecule has 0 aliphatic rings. The van der Waals surface area contributed by atoms with E-state index in [-0.39, 0.29) is 25.1 Å². The maximum Gasteiger partial charge on any atom is 0.339 e. The van der Waals surface area contributed by atoms with E-state index < -0.39 is 23.4 Å². The first-order chi connectivity index (χ1) is 16.2. The predicted molar refractivity (Wildman–Crippen MR) is 128 cm³/mol. The van der Waals surface area contributed by atoms with E-state index in [0.717, 1.165) is 41.9 Å². The lowest BCUT2D eigenvalue weighted by Crippen LogP contribution is -2.36. The van der Waals surface area contributed by atoms with Crippen molar-refractivity contribution in [1.29, 1.82) is 0 Å². The number of urea groups is 1. The summed E-state index contributed by atoms with van der Waals surface area (Å²) in [5, 5.41) is 15.0. The number of benzene rings is 2. The Labute approximate surface area is 196 Å². The summed E-state index contributed by atoms with van der Waals surface area (Å²) >= 11 is 0. The number of carbonyl (C=O) groups is 2. The van der Waals surface area contributed by atoms with Gasteiger partial charge < -0.3 is 25.1 Å². The molecule has 0 unspecified atom stereocenters. The molecule has 0 aliphatic carbocycles. The van der Waals surface area contributed by atoms with E-state index in [9.17, 15) is 18.8 Å². The summed E-state index contributed by atoms with van der Waals surface area (Å²) in [7, 11) is 0. The summed E-state index contributed by atoms with van der Waals surface area (Å²) in [6.07, 6.45) is 0.276. The maximum atomic E-state index is 13.6. The summed E-state index contributed by atoms with van der Waals surface area (Å²) in [6, 6.07) is 8.65. The first-order valence-electron chi connectivity index (χ1n) is 11.1. The van der Waals surface area contributed by atoms with Crippen LogP contribution in [0.1, 0.15) is 40.9 Å². The number of fused-ring (bicyclic) bond motifs is 1. The molecule has 2 amide bonds. The van der Waals surface area contributed by atoms with Gasteiger partial charge in [0.1, 0.15) is 11.4 Å². The fraction of sp³-hybridized carbons (Fsp3) is 0.320. The summed E-state index contributed by atoms with van der Waals surface area (Å²) < 4.78 is 19.1. The molecule has 1 aromatic heterocycles. The van der Waals surface area contributed by atoms with E-state index >= 15 is 0 Å². The first-order valence-corrected chi connectivity index (χ1v) is 11.1. The van der Waals surface area contributed by atoms with Gasteiger partial charge in [-0.2, -0.15) is 0 Å². The molecule has 0 saturated carbocycles. The van der Waals surface area contributed by atoms with Crippen LogP contribution in [0.3, 0.4) is 0 Å². The van der Waals surface area contributed by atoms with Gasteiger partial charge in [-0.25, -0.2) is 18.8 Å². The fourth-order valence-corrected chi connectivity index (χ4v) is 3.88. The Morgan fingerprint density at radius 2 is 1.82 bits per heavy atom. The molecule has 3 rings (SSSR count). The van der Waals surface area contributed by atoms with Gasteiger partial charge in [0.05, 0.1) is 5.56 Å². The van der Waals surface area contributed by atoms with Crippen LogP contribution in [0.15, 0.2) is 45.6 Å². The van der Waals surface area contributed by atoms with Crippen molar-refractivity contribution >= 4 is 28.7 Å². The van der Waals surface area contributed by atoms with E-state index in [1.165, 1.54) is 6.07 Å². The van der Waals surface area contributed by atoms with Crippen molar-refractivity contribution in [3.05, 3.63) is 74.9 Å². The molecule has 3 N–H and O–H groups in total. The maximum absolute atomic E-state index is 13.6. The molecular weight excluding hydrogens is 441 g/mol. The van der Waals surface area contributed by atoms with Crippen LogP contribution in [0.4, 0.5) is 14.9 Å². The quantitative estimate of drug-likeness (QED) is 0.411. The molecule has 1 heterocycles. The van der Waals surface area contributed by atoms with Gasteiger partial charge in [-0.3, -0.25) is 0 Å². The van der Waals surface area contributed by atoms with Gasteiger partial charge >= 0.3 is 17.6 Å². The number of carboxylic acids is 1. The molecule has 0 fully saturated rings. The molecular formula is C25H28FN3O5. The molecule has 0 saturated heterocycles. The highest BCUT2D eigenvalue weighted by molar-refractivity contribution is 5.88. The SMILES string of the molecule is CCN(CC)c1ccc2c(C)c(CCNC(=O)NCc3cc(F)cc(C(=O)O)c3)c(=O)oc2c1. The lowest BCUT2D eigenvalue weighted by molar-refractivity contribution is 0.0696. The molecule has 0 radical (unpaired) electrons. The Bertz CT molecular complexity index is 1270. The molecule has 9 heteroatoms. The number of carboxylic acid groups (broad SMARTS) is 1. The van der Waals surface area contributed by atoms with Gasteiger partial charge in [-0.05, 0) is 68.7 Å². The lowest BCUT2D eigenvalue weighted by Gasteiger charge is -2.21. The minimum Gasteiger partial charge on any atom is -0.478 e. The van der Waals surface area contributed by atoms with Gasteiger partial charge in [0, 0.05) is 48.9 Å². The van der Waals surface area contributed by atoms with Crippen LogP contribution in [0.2, 0.25) is 0 Å². The lowest BCUT2D eigenvalue weighted by atomic mass is 10.0. The predicted octanol–water partition coefficient (Wildman–Crippen LogP) is 3.83. The van der Waals surface area contributed by atoms with Crippen LogP contribution in [-0.4, -0.2) is 36.7 Å². The third kappa shape index (κ3) is 5.72. The topological polar surface area (TPSA) is 112 Å². The molecule has 0 bridgehead atoms. The van der Waals surface area contributed by atoms with Gasteiger partial charge in [-0.15, -0.1) is 0 Å². The number of halogens is 1. The highest BCUT2D eigenvalue weighted by Gasteiger charge is 2.14. The second-order valence-corrected chi connectivity index (χ2v) is 7.86. The second kappa shape index (κ2) is 10.8. The summed E-state index contributed by atoms with van der Waals surface area (Å²) in [5.74, 6) is -1.95. The Hall–Kier alpha value is -3.88. The van der Waals surface area contributed by atoms with E-state index in [1.54, 1.807) is 0 Å². The van der Waals surface area contributed by atoms with Crippen molar-refractivity contribution in [3.63, 3.8) is 0 Å². The van der Waals surface area contributed by atoms with Crippen LogP contribution in [0.25, 0.3) is 11.0 Å². The Kier molecular flexibility index (Phi) is 7.88. The highest BCUT2D eigenvalue weighted by Crippen LogP contribution is 2.25. The van der Waals surface area contributed by atoms with Crippen molar-refractivity contribution < 1.29 is 23.5 Å². The first kappa shape index (κ1) is 24.8. The molecule has 0 atom stereocenters. The zero-order valence-corrected chi connectivity index (χ0v) is 19.4. The number of hydrogen-bond donors (Lipinski definition) is 3. The Balaban J connectivity index is 1.63. The zero-order valence-electron chi connectivity index (χ0n) is 19.4. The van der Waals surface area contributed by atoms with Crippen molar-refractivity contribution in [3.8, 4) is 0 Å². The van der Waals surface area contributed by atoms with Crippen molar-refractivity contribution in [2.45, 2.75) is 33.7 Å². The van der Waals surface area contributed by atoms with E-state index in [0.29, 0.717) is 16.7 Å². The minimum absolute atomic E-state index is 0.0457. The fourth-order valence-electron chi connectivity index (χ4n) is 3.88. The van der Waals surface area contributed by atoms with Crippen LogP contribution in [0, 0.1) is 12.7 Å². The second-order valence-electron chi connectivity index (χ2n) is 7.86. The van der Waals surface area contributed by atoms with Gasteiger partial charge in [0.25, 0.3) is 0 Å². The molecule has 3 aromatic rings. The summed E-state index contributed by atoms with van der Waals surface area (Å²) in [4.78, 5) is 37.9. The van der Waals surface area contributed by atoms with Crippen LogP contribution in [0.5, 0.6) is 0 Å². The van der Waals surface area contributed by atoms with E-state index in [1.807, 2.05) is 25.1 Å². The monoisotopic (exact) mass is 469 g/mol. The number of rotatable bonds is 9. The molecule has 0 spiro atoms. The standard InChI is InChI=1S/C25H28FN3O5/c1-4-29(5-2)19-6-7-20-15(3)21(24(32)34-22(20)13-19)8-9-27-25(33)28-14-16-10-17(23(30)31)12-18(26)11-16/h6-7,10-13H,4-5,8-9,14H2,1-3H3,(H,30,31)(H2,27,28,33). The molecule has 8 nitrogen and oxygen atoms in total. The highest BCUT2D eigenvalue weighted by atomic mass is 19.1. The summed E-state index contributed by atoms with van der Waals surface area (Å²) in [5.41, 5.74) is 2.49. The molecule has 34 heavy (non-hydrogen) atoms. The number of anilines is 1. The van der Waals surface area contributed by atoms with Gasteiger partial charge in [0.2, 0.25) is 0 Å². The normalized spacial score (nSPS) is 10.8. The number of nitrogens with one attached hydrogen (secondary N) is 2. The third-order valence-electron chi connectivity index (χ3n) is 5.72. The largest absolute Gasteiger partial charge is 0.478 e. The molecule has 0 aliphatic heterocycles. The number of carbonyl (C=O) groups excluding carboxylic acids is 1.